The second kappa shape index (κ2) is 15.4. The molecular weight excluding hydrogens is 590 g/mol. The average Bonchev–Trinajstić information content (AvgIpc) is 3.54. The number of ether oxygens (including phenoxy) is 4. The summed E-state index contributed by atoms with van der Waals surface area (Å²) >= 11 is 0. The summed E-state index contributed by atoms with van der Waals surface area (Å²) in [4.78, 5) is 13.6. The molecule has 0 aliphatic heterocycles. The van der Waals surface area contributed by atoms with Gasteiger partial charge in [-0.05, 0) is 90.6 Å². The Labute approximate surface area is 280 Å². The van der Waals surface area contributed by atoms with Crippen LogP contribution in [0.2, 0.25) is 0 Å². The van der Waals surface area contributed by atoms with Gasteiger partial charge in [-0.2, -0.15) is 5.10 Å². The Morgan fingerprint density at radius 1 is 0.766 bits per heavy atom. The molecule has 4 aromatic rings. The normalized spacial score (nSPS) is 11.7. The zero-order valence-corrected chi connectivity index (χ0v) is 29.5. The van der Waals surface area contributed by atoms with Gasteiger partial charge in [0.25, 0.3) is 5.91 Å². The molecule has 0 radical (unpaired) electrons. The topological polar surface area (TPSA) is 83.8 Å². The zero-order chi connectivity index (χ0) is 34.2. The molecule has 0 saturated carbocycles. The van der Waals surface area contributed by atoms with E-state index in [2.05, 4.69) is 65.1 Å². The number of carbonyl (C=O) groups is 1. The second-order valence-corrected chi connectivity index (χ2v) is 13.1. The van der Waals surface area contributed by atoms with Crippen LogP contribution in [-0.2, 0) is 10.8 Å². The molecule has 1 heterocycles. The fourth-order valence-electron chi connectivity index (χ4n) is 5.31. The molecule has 0 aliphatic rings. The highest BCUT2D eigenvalue weighted by atomic mass is 16.5. The predicted octanol–water partition coefficient (Wildman–Crippen LogP) is 8.53. The second-order valence-electron chi connectivity index (χ2n) is 13.1. The van der Waals surface area contributed by atoms with Crippen LogP contribution in [0.25, 0.3) is 16.9 Å². The van der Waals surface area contributed by atoms with Crippen LogP contribution in [0.5, 0.6) is 23.0 Å². The number of aromatic nitrogens is 2. The van der Waals surface area contributed by atoms with E-state index in [0.717, 1.165) is 48.4 Å². The molecule has 252 valence electrons. The van der Waals surface area contributed by atoms with E-state index in [9.17, 15) is 4.79 Å². The van der Waals surface area contributed by atoms with E-state index in [1.54, 1.807) is 38.1 Å². The van der Waals surface area contributed by atoms with Crippen LogP contribution in [0.1, 0.15) is 88.8 Å². The molecule has 0 aliphatic carbocycles. The minimum atomic E-state index is -0.214. The van der Waals surface area contributed by atoms with Crippen molar-refractivity contribution in [3.63, 3.8) is 0 Å². The van der Waals surface area contributed by atoms with Crippen molar-refractivity contribution in [3.05, 3.63) is 83.6 Å². The maximum absolute atomic E-state index is 13.6. The third kappa shape index (κ3) is 8.28. The minimum absolute atomic E-state index is 0.00463. The minimum Gasteiger partial charge on any atom is -0.497 e. The molecule has 0 unspecified atom stereocenters. The number of rotatable bonds is 16. The van der Waals surface area contributed by atoms with Crippen LogP contribution in [0, 0.1) is 0 Å². The van der Waals surface area contributed by atoms with E-state index in [-0.39, 0.29) is 16.7 Å². The number of methoxy groups -OCH3 is 3. The molecule has 47 heavy (non-hydrogen) atoms. The van der Waals surface area contributed by atoms with E-state index >= 15 is 0 Å². The number of nitrogens with zero attached hydrogens (tertiary/aromatic N) is 2. The van der Waals surface area contributed by atoms with Gasteiger partial charge >= 0.3 is 0 Å². The summed E-state index contributed by atoms with van der Waals surface area (Å²) in [6, 6.07) is 21.4. The first-order chi connectivity index (χ1) is 22.5. The molecule has 0 fully saturated rings. The lowest BCUT2D eigenvalue weighted by atomic mass is 9.76. The van der Waals surface area contributed by atoms with Crippen molar-refractivity contribution in [1.82, 2.24) is 15.1 Å². The molecule has 0 saturated heterocycles. The van der Waals surface area contributed by atoms with Crippen molar-refractivity contribution in [3.8, 4) is 39.9 Å². The van der Waals surface area contributed by atoms with Crippen LogP contribution < -0.4 is 24.3 Å². The average molecular weight is 642 g/mol. The van der Waals surface area contributed by atoms with Crippen LogP contribution in [0.4, 0.5) is 0 Å². The number of unbranched alkanes of at least 4 members (excludes halogenated alkanes) is 1. The summed E-state index contributed by atoms with van der Waals surface area (Å²) in [6.45, 7) is 14.7. The monoisotopic (exact) mass is 641 g/mol. The molecule has 1 N–H and O–H groups in total. The van der Waals surface area contributed by atoms with Gasteiger partial charge in [0.2, 0.25) is 0 Å². The van der Waals surface area contributed by atoms with Crippen LogP contribution in [-0.4, -0.2) is 50.2 Å². The molecule has 1 amide bonds. The summed E-state index contributed by atoms with van der Waals surface area (Å²) in [6.07, 6.45) is 3.67. The smallest absolute Gasteiger partial charge is 0.270 e. The summed E-state index contributed by atoms with van der Waals surface area (Å²) in [7, 11) is 4.83. The highest BCUT2D eigenvalue weighted by Gasteiger charge is 2.27. The number of hydrogen-bond acceptors (Lipinski definition) is 6. The number of amides is 1. The Morgan fingerprint density at radius 3 is 2.09 bits per heavy atom. The van der Waals surface area contributed by atoms with E-state index < -0.39 is 0 Å². The summed E-state index contributed by atoms with van der Waals surface area (Å²) in [5.41, 5.74) is 5.23. The molecule has 0 bridgehead atoms. The van der Waals surface area contributed by atoms with Gasteiger partial charge in [0.15, 0.2) is 0 Å². The molecule has 8 heteroatoms. The summed E-state index contributed by atoms with van der Waals surface area (Å²) in [5.74, 6) is 2.72. The SMILES string of the molecule is CCC(C)(C)c1ccc(OCCCCNC(=O)c2cc(-c3ccc(OC)cc3OC)nn2-c2ccc(OC)cc2)c(C(C)(C)CC)c1. The molecular formula is C39H51N3O5. The first kappa shape index (κ1) is 35.4. The van der Waals surface area contributed by atoms with Crippen molar-refractivity contribution in [2.45, 2.75) is 78.1 Å². The van der Waals surface area contributed by atoms with Gasteiger partial charge in [-0.3, -0.25) is 4.79 Å². The van der Waals surface area contributed by atoms with Crippen molar-refractivity contribution < 1.29 is 23.7 Å². The molecule has 0 spiro atoms. The maximum Gasteiger partial charge on any atom is 0.270 e. The van der Waals surface area contributed by atoms with Gasteiger partial charge in [-0.25, -0.2) is 4.68 Å². The van der Waals surface area contributed by atoms with Crippen molar-refractivity contribution in [2.75, 3.05) is 34.5 Å². The Balaban J connectivity index is 1.45. The third-order valence-corrected chi connectivity index (χ3v) is 9.32. The Kier molecular flexibility index (Phi) is 11.6. The molecule has 8 nitrogen and oxygen atoms in total. The van der Waals surface area contributed by atoms with Gasteiger partial charge in [0.1, 0.15) is 28.7 Å². The standard InChI is InChI=1S/C39H51N3O5/c1-10-38(3,4)27-14-21-35(32(24-27)39(5,6)11-2)47-23-13-12-22-40-37(43)34-26-33(31-20-19-30(45-8)25-36(31)46-9)41-42(34)28-15-17-29(44-7)18-16-28/h14-21,24-26H,10-13,22-23H2,1-9H3,(H,40,43). The summed E-state index contributed by atoms with van der Waals surface area (Å²) in [5, 5.41) is 7.90. The van der Waals surface area contributed by atoms with Gasteiger partial charge in [0.05, 0.1) is 39.3 Å². The third-order valence-electron chi connectivity index (χ3n) is 9.32. The maximum atomic E-state index is 13.6. The van der Waals surface area contributed by atoms with Crippen LogP contribution >= 0.6 is 0 Å². The Morgan fingerprint density at radius 2 is 1.45 bits per heavy atom. The van der Waals surface area contributed by atoms with Crippen LogP contribution in [0.15, 0.2) is 66.7 Å². The number of carbonyl (C=O) groups excluding carboxylic acids is 1. The molecule has 0 atom stereocenters. The lowest BCUT2D eigenvalue weighted by Crippen LogP contribution is -2.27. The predicted molar refractivity (Wildman–Crippen MR) is 189 cm³/mol. The molecule has 3 aromatic carbocycles. The highest BCUT2D eigenvalue weighted by molar-refractivity contribution is 5.94. The van der Waals surface area contributed by atoms with Gasteiger partial charge in [0, 0.05) is 23.7 Å². The zero-order valence-electron chi connectivity index (χ0n) is 29.5. The quantitative estimate of drug-likeness (QED) is 0.124. The van der Waals surface area contributed by atoms with E-state index in [1.165, 1.54) is 11.1 Å². The van der Waals surface area contributed by atoms with E-state index in [0.29, 0.717) is 36.0 Å². The summed E-state index contributed by atoms with van der Waals surface area (Å²) < 4.78 is 24.3. The molecule has 1 aromatic heterocycles. The lowest BCUT2D eigenvalue weighted by Gasteiger charge is -2.30. The van der Waals surface area contributed by atoms with Crippen LogP contribution in [0.3, 0.4) is 0 Å². The number of benzene rings is 3. The van der Waals surface area contributed by atoms with Crippen molar-refractivity contribution in [1.29, 1.82) is 0 Å². The first-order valence-electron chi connectivity index (χ1n) is 16.5. The number of hydrogen-bond donors (Lipinski definition) is 1. The highest BCUT2D eigenvalue weighted by Crippen LogP contribution is 2.39. The Bertz CT molecular complexity index is 1640. The number of nitrogens with one attached hydrogen (secondary N) is 1. The van der Waals surface area contributed by atoms with E-state index in [1.807, 2.05) is 36.4 Å². The lowest BCUT2D eigenvalue weighted by molar-refractivity contribution is 0.0944. The first-order valence-corrected chi connectivity index (χ1v) is 16.5. The van der Waals surface area contributed by atoms with E-state index in [4.69, 9.17) is 24.0 Å². The van der Waals surface area contributed by atoms with Gasteiger partial charge in [-0.15, -0.1) is 0 Å². The fraction of sp³-hybridized carbons (Fsp3) is 0.436. The van der Waals surface area contributed by atoms with Gasteiger partial charge in [-0.1, -0.05) is 53.7 Å². The fourth-order valence-corrected chi connectivity index (χ4v) is 5.31. The Hall–Kier alpha value is -4.46. The van der Waals surface area contributed by atoms with Gasteiger partial charge < -0.3 is 24.3 Å². The molecule has 4 rings (SSSR count). The van der Waals surface area contributed by atoms with Crippen molar-refractivity contribution in [2.24, 2.45) is 0 Å². The van der Waals surface area contributed by atoms with Crippen molar-refractivity contribution >= 4 is 5.91 Å². The largest absolute Gasteiger partial charge is 0.497 e.